The Hall–Kier alpha value is -2.92. The lowest BCUT2D eigenvalue weighted by molar-refractivity contribution is -0.384. The first-order valence-corrected chi connectivity index (χ1v) is 10.7. The van der Waals surface area contributed by atoms with Gasteiger partial charge in [-0.05, 0) is 71.0 Å². The predicted molar refractivity (Wildman–Crippen MR) is 128 cm³/mol. The summed E-state index contributed by atoms with van der Waals surface area (Å²) in [6.45, 7) is 2.63. The Bertz CT molecular complexity index is 1090. The zero-order chi connectivity index (χ0) is 22.2. The van der Waals surface area contributed by atoms with Gasteiger partial charge in [0.05, 0.1) is 22.8 Å². The normalized spacial score (nSPS) is 10.8. The molecule has 0 aliphatic rings. The number of hydrogen-bond acceptors (Lipinski definition) is 7. The average molecular weight is 553 g/mol. The van der Waals surface area contributed by atoms with E-state index >= 15 is 0 Å². The second kappa shape index (κ2) is 10.9. The van der Waals surface area contributed by atoms with Gasteiger partial charge in [0.15, 0.2) is 11.5 Å². The second-order valence-electron chi connectivity index (χ2n) is 6.18. The zero-order valence-corrected chi connectivity index (χ0v) is 19.3. The number of hydrazone groups is 1. The Kier molecular flexibility index (Phi) is 8.01. The molecule has 0 aliphatic carbocycles. The van der Waals surface area contributed by atoms with E-state index in [9.17, 15) is 10.1 Å². The van der Waals surface area contributed by atoms with Crippen LogP contribution in [-0.2, 0) is 6.61 Å². The molecule has 8 nitrogen and oxygen atoms in total. The number of benzene rings is 2. The molecule has 0 amide bonds. The first-order valence-electron chi connectivity index (χ1n) is 9.20. The van der Waals surface area contributed by atoms with Crippen molar-refractivity contribution in [3.8, 4) is 11.5 Å². The molecule has 160 valence electrons. The first kappa shape index (κ1) is 22.8. The van der Waals surface area contributed by atoms with Crippen LogP contribution in [0.15, 0.2) is 59.8 Å². The van der Waals surface area contributed by atoms with Crippen LogP contribution >= 0.6 is 34.2 Å². The Morgan fingerprint density at radius 1 is 1.26 bits per heavy atom. The van der Waals surface area contributed by atoms with Crippen molar-refractivity contribution in [2.24, 2.45) is 5.10 Å². The Morgan fingerprint density at radius 2 is 2.03 bits per heavy atom. The van der Waals surface area contributed by atoms with Crippen LogP contribution in [0.1, 0.15) is 18.1 Å². The molecule has 3 aromatic rings. The van der Waals surface area contributed by atoms with E-state index in [1.165, 1.54) is 24.5 Å². The van der Waals surface area contributed by atoms with E-state index in [0.717, 1.165) is 9.13 Å². The summed E-state index contributed by atoms with van der Waals surface area (Å²) < 4.78 is 12.7. The summed E-state index contributed by atoms with van der Waals surface area (Å²) >= 11 is 8.68. The van der Waals surface area contributed by atoms with Gasteiger partial charge in [-0.1, -0.05) is 23.7 Å². The second-order valence-corrected chi connectivity index (χ2v) is 7.83. The van der Waals surface area contributed by atoms with Gasteiger partial charge < -0.3 is 9.47 Å². The first-order chi connectivity index (χ1) is 15.0. The van der Waals surface area contributed by atoms with E-state index in [4.69, 9.17) is 21.1 Å². The molecule has 0 spiro atoms. The van der Waals surface area contributed by atoms with Crippen molar-refractivity contribution in [3.05, 3.63) is 84.6 Å². The largest absolute Gasteiger partial charge is 0.490 e. The molecule has 10 heteroatoms. The van der Waals surface area contributed by atoms with Crippen molar-refractivity contribution < 1.29 is 14.4 Å². The van der Waals surface area contributed by atoms with Crippen LogP contribution in [0, 0.1) is 13.7 Å². The molecule has 0 radical (unpaired) electrons. The minimum Gasteiger partial charge on any atom is -0.490 e. The molecule has 0 aliphatic heterocycles. The smallest absolute Gasteiger partial charge is 0.313 e. The third-order valence-electron chi connectivity index (χ3n) is 4.00. The number of nitrogens with zero attached hydrogens (tertiary/aromatic N) is 3. The number of hydrogen-bond donors (Lipinski definition) is 1. The molecule has 0 atom stereocenters. The SMILES string of the molecule is CCOc1cc(/C=N\Nc2ncccc2[N+](=O)[O-])cc(Cl)c1OCc1ccc(I)cc1. The van der Waals surface area contributed by atoms with Gasteiger partial charge in [0, 0.05) is 15.8 Å². The highest BCUT2D eigenvalue weighted by atomic mass is 127. The number of ether oxygens (including phenoxy) is 2. The molecule has 0 saturated carbocycles. The highest BCUT2D eigenvalue weighted by Gasteiger charge is 2.14. The number of nitro groups is 1. The number of rotatable bonds is 9. The van der Waals surface area contributed by atoms with E-state index in [2.05, 4.69) is 38.1 Å². The van der Waals surface area contributed by atoms with E-state index in [-0.39, 0.29) is 11.5 Å². The number of pyridine rings is 1. The predicted octanol–water partition coefficient (Wildman–Crippen LogP) is 5.67. The lowest BCUT2D eigenvalue weighted by Gasteiger charge is -2.14. The van der Waals surface area contributed by atoms with E-state index in [1.54, 1.807) is 12.1 Å². The number of anilines is 1. The Labute approximate surface area is 197 Å². The van der Waals surface area contributed by atoms with Gasteiger partial charge in [-0.3, -0.25) is 15.5 Å². The van der Waals surface area contributed by atoms with Crippen LogP contribution in [0.2, 0.25) is 5.02 Å². The molecule has 0 fully saturated rings. The van der Waals surface area contributed by atoms with E-state index in [1.807, 2.05) is 31.2 Å². The van der Waals surface area contributed by atoms with Crippen LogP contribution in [0.25, 0.3) is 0 Å². The maximum atomic E-state index is 11.1. The van der Waals surface area contributed by atoms with Gasteiger partial charge in [0.25, 0.3) is 0 Å². The summed E-state index contributed by atoms with van der Waals surface area (Å²) in [6, 6.07) is 14.2. The van der Waals surface area contributed by atoms with E-state index in [0.29, 0.717) is 35.3 Å². The maximum Gasteiger partial charge on any atom is 0.313 e. The minimum atomic E-state index is -0.533. The van der Waals surface area contributed by atoms with Crippen molar-refractivity contribution in [2.45, 2.75) is 13.5 Å². The molecule has 2 aromatic carbocycles. The van der Waals surface area contributed by atoms with Crippen molar-refractivity contribution >= 4 is 51.9 Å². The fraction of sp³-hybridized carbons (Fsp3) is 0.143. The van der Waals surface area contributed by atoms with Crippen LogP contribution in [0.5, 0.6) is 11.5 Å². The summed E-state index contributed by atoms with van der Waals surface area (Å²) in [6.07, 6.45) is 2.91. The maximum absolute atomic E-state index is 11.1. The average Bonchev–Trinajstić information content (AvgIpc) is 2.75. The minimum absolute atomic E-state index is 0.0392. The molecule has 1 N–H and O–H groups in total. The Morgan fingerprint density at radius 3 is 2.74 bits per heavy atom. The summed E-state index contributed by atoms with van der Waals surface area (Å²) in [5.74, 6) is 0.954. The van der Waals surface area contributed by atoms with Gasteiger partial charge in [-0.2, -0.15) is 5.10 Å². The summed E-state index contributed by atoms with van der Waals surface area (Å²) in [7, 11) is 0. The summed E-state index contributed by atoms with van der Waals surface area (Å²) in [5, 5.41) is 15.5. The number of halogens is 2. The molecule has 31 heavy (non-hydrogen) atoms. The van der Waals surface area contributed by atoms with Gasteiger partial charge in [0.1, 0.15) is 6.61 Å². The topological polar surface area (TPSA) is 98.9 Å². The molecule has 0 saturated heterocycles. The lowest BCUT2D eigenvalue weighted by Crippen LogP contribution is -2.02. The monoisotopic (exact) mass is 552 g/mol. The molecule has 3 rings (SSSR count). The highest BCUT2D eigenvalue weighted by molar-refractivity contribution is 14.1. The third kappa shape index (κ3) is 6.28. The van der Waals surface area contributed by atoms with Gasteiger partial charge in [-0.25, -0.2) is 4.98 Å². The van der Waals surface area contributed by atoms with Gasteiger partial charge >= 0.3 is 5.69 Å². The molecule has 1 aromatic heterocycles. The van der Waals surface area contributed by atoms with Gasteiger partial charge in [-0.15, -0.1) is 0 Å². The quantitative estimate of drug-likeness (QED) is 0.159. The number of aromatic nitrogens is 1. The highest BCUT2D eigenvalue weighted by Crippen LogP contribution is 2.37. The molecule has 1 heterocycles. The summed E-state index contributed by atoms with van der Waals surface area (Å²) in [4.78, 5) is 14.5. The van der Waals surface area contributed by atoms with Crippen molar-refractivity contribution in [3.63, 3.8) is 0 Å². The van der Waals surface area contributed by atoms with Crippen LogP contribution < -0.4 is 14.9 Å². The van der Waals surface area contributed by atoms with Gasteiger partial charge in [0.2, 0.25) is 5.82 Å². The lowest BCUT2D eigenvalue weighted by atomic mass is 10.2. The fourth-order valence-corrected chi connectivity index (χ4v) is 3.23. The molecular formula is C21H18ClIN4O4. The van der Waals surface area contributed by atoms with Crippen LogP contribution in [0.3, 0.4) is 0 Å². The molecule has 0 unspecified atom stereocenters. The number of nitrogens with one attached hydrogen (secondary N) is 1. The molecular weight excluding hydrogens is 535 g/mol. The fourth-order valence-electron chi connectivity index (χ4n) is 2.60. The van der Waals surface area contributed by atoms with Crippen molar-refractivity contribution in [1.29, 1.82) is 0 Å². The van der Waals surface area contributed by atoms with E-state index < -0.39 is 4.92 Å². The standard InChI is InChI=1S/C21H18ClIN4O4/c1-2-30-19-11-15(12-25-26-21-18(27(28)29)4-3-9-24-21)10-17(22)20(19)31-13-14-5-7-16(23)8-6-14/h3-12H,2,13H2,1H3,(H,24,26)/b25-12-. The summed E-state index contributed by atoms with van der Waals surface area (Å²) in [5.41, 5.74) is 4.04. The zero-order valence-electron chi connectivity index (χ0n) is 16.4. The van der Waals surface area contributed by atoms with Crippen LogP contribution in [0.4, 0.5) is 11.5 Å². The Balaban J connectivity index is 1.77. The van der Waals surface area contributed by atoms with Crippen LogP contribution in [-0.4, -0.2) is 22.7 Å². The van der Waals surface area contributed by atoms with Crippen molar-refractivity contribution in [2.75, 3.05) is 12.0 Å². The molecule has 0 bridgehead atoms. The van der Waals surface area contributed by atoms with Crippen molar-refractivity contribution in [1.82, 2.24) is 4.98 Å². The third-order valence-corrected chi connectivity index (χ3v) is 5.00.